The second-order valence-electron chi connectivity index (χ2n) is 4.32. The van der Waals surface area contributed by atoms with Crippen LogP contribution in [-0.2, 0) is 4.79 Å². The lowest BCUT2D eigenvalue weighted by molar-refractivity contribution is -0.161. The Kier molecular flexibility index (Phi) is 3.21. The number of carbonyl (C=O) groups is 1. The lowest BCUT2D eigenvalue weighted by Crippen LogP contribution is -2.34. The summed E-state index contributed by atoms with van der Waals surface area (Å²) >= 11 is 0. The molecule has 1 unspecified atom stereocenters. The predicted octanol–water partition coefficient (Wildman–Crippen LogP) is 2.40. The third-order valence-electron chi connectivity index (χ3n) is 2.56. The van der Waals surface area contributed by atoms with Crippen molar-refractivity contribution < 1.29 is 19.7 Å². The van der Waals surface area contributed by atoms with Crippen LogP contribution in [0.2, 0.25) is 0 Å². The Morgan fingerprint density at radius 3 is 2.61 bits per heavy atom. The highest BCUT2D eigenvalue weighted by molar-refractivity contribution is 5.88. The first-order chi connectivity index (χ1) is 8.48. The summed E-state index contributed by atoms with van der Waals surface area (Å²) in [5, 5.41) is 20.4. The van der Waals surface area contributed by atoms with Gasteiger partial charge in [0.2, 0.25) is 5.79 Å². The summed E-state index contributed by atoms with van der Waals surface area (Å²) < 4.78 is 5.40. The number of hydrogen-bond donors (Lipinski definition) is 2. The molecule has 0 bridgehead atoms. The number of carboxylic acid groups (broad SMARTS) is 1. The molecule has 0 heterocycles. The molecule has 0 aromatic heterocycles. The van der Waals surface area contributed by atoms with E-state index in [2.05, 4.69) is 0 Å². The number of aliphatic hydroxyl groups is 1. The van der Waals surface area contributed by atoms with Crippen molar-refractivity contribution in [3.63, 3.8) is 0 Å². The average Bonchev–Trinajstić information content (AvgIpc) is 2.27. The van der Waals surface area contributed by atoms with E-state index >= 15 is 0 Å². The highest BCUT2D eigenvalue weighted by Crippen LogP contribution is 2.28. The van der Waals surface area contributed by atoms with Gasteiger partial charge in [-0.2, -0.15) is 0 Å². The summed E-state index contributed by atoms with van der Waals surface area (Å²) in [6.07, 6.45) is -0.476. The maximum absolute atomic E-state index is 10.6. The second-order valence-corrected chi connectivity index (χ2v) is 4.32. The van der Waals surface area contributed by atoms with Gasteiger partial charge in [-0.25, -0.2) is 0 Å². The normalized spacial score (nSPS) is 14.1. The first kappa shape index (κ1) is 12.4. The van der Waals surface area contributed by atoms with Gasteiger partial charge in [0.25, 0.3) is 0 Å². The summed E-state index contributed by atoms with van der Waals surface area (Å²) in [6.45, 7) is 1.34. The largest absolute Gasteiger partial charge is 0.481 e. The van der Waals surface area contributed by atoms with Crippen LogP contribution in [0.3, 0.4) is 0 Å². The molecule has 4 nitrogen and oxygen atoms in total. The van der Waals surface area contributed by atoms with E-state index in [0.717, 1.165) is 10.8 Å². The van der Waals surface area contributed by atoms with Crippen LogP contribution < -0.4 is 4.74 Å². The van der Waals surface area contributed by atoms with E-state index in [1.54, 1.807) is 12.1 Å². The maximum Gasteiger partial charge on any atom is 0.310 e. The second kappa shape index (κ2) is 4.66. The van der Waals surface area contributed by atoms with E-state index < -0.39 is 18.2 Å². The topological polar surface area (TPSA) is 66.8 Å². The highest BCUT2D eigenvalue weighted by Gasteiger charge is 2.26. The third kappa shape index (κ3) is 2.78. The third-order valence-corrected chi connectivity index (χ3v) is 2.56. The molecule has 2 aromatic carbocycles. The molecular formula is C14H14O4. The zero-order chi connectivity index (χ0) is 13.2. The van der Waals surface area contributed by atoms with Crippen molar-refractivity contribution in [1.29, 1.82) is 0 Å². The minimum Gasteiger partial charge on any atom is -0.481 e. The smallest absolute Gasteiger partial charge is 0.310 e. The van der Waals surface area contributed by atoms with Crippen molar-refractivity contribution in [2.75, 3.05) is 0 Å². The van der Waals surface area contributed by atoms with E-state index in [1.807, 2.05) is 30.3 Å². The van der Waals surface area contributed by atoms with Crippen LogP contribution in [0, 0.1) is 0 Å². The molecule has 0 saturated heterocycles. The number of carboxylic acids is 1. The van der Waals surface area contributed by atoms with Crippen LogP contribution >= 0.6 is 0 Å². The molecule has 1 atom stereocenters. The number of benzene rings is 2. The van der Waals surface area contributed by atoms with E-state index in [4.69, 9.17) is 9.84 Å². The molecule has 0 saturated carbocycles. The highest BCUT2D eigenvalue weighted by atomic mass is 16.6. The molecule has 2 rings (SSSR count). The van der Waals surface area contributed by atoms with Crippen LogP contribution in [0.4, 0.5) is 0 Å². The van der Waals surface area contributed by atoms with Gasteiger partial charge in [-0.3, -0.25) is 4.79 Å². The van der Waals surface area contributed by atoms with Crippen molar-refractivity contribution in [2.24, 2.45) is 0 Å². The minimum atomic E-state index is -1.73. The Labute approximate surface area is 104 Å². The van der Waals surface area contributed by atoms with Gasteiger partial charge < -0.3 is 14.9 Å². The molecular weight excluding hydrogens is 232 g/mol. The number of hydrogen-bond acceptors (Lipinski definition) is 3. The van der Waals surface area contributed by atoms with Gasteiger partial charge in [0.1, 0.15) is 12.2 Å². The Morgan fingerprint density at radius 2 is 1.89 bits per heavy atom. The number of rotatable bonds is 4. The van der Waals surface area contributed by atoms with Gasteiger partial charge in [0.15, 0.2) is 0 Å². The lowest BCUT2D eigenvalue weighted by atomic mass is 10.1. The van der Waals surface area contributed by atoms with E-state index in [0.29, 0.717) is 5.75 Å². The van der Waals surface area contributed by atoms with Crippen molar-refractivity contribution in [1.82, 2.24) is 0 Å². The van der Waals surface area contributed by atoms with Gasteiger partial charge >= 0.3 is 5.97 Å². The van der Waals surface area contributed by atoms with Crippen molar-refractivity contribution in [3.05, 3.63) is 42.5 Å². The van der Waals surface area contributed by atoms with E-state index in [-0.39, 0.29) is 0 Å². The number of ether oxygens (including phenoxy) is 1. The summed E-state index contributed by atoms with van der Waals surface area (Å²) in [7, 11) is 0. The van der Waals surface area contributed by atoms with Crippen LogP contribution in [0.1, 0.15) is 13.3 Å². The monoisotopic (exact) mass is 246 g/mol. The van der Waals surface area contributed by atoms with Crippen LogP contribution in [-0.4, -0.2) is 22.0 Å². The SMILES string of the molecule is CC(O)(CC(=O)O)Oc1cccc2ccccc12. The van der Waals surface area contributed by atoms with Crippen molar-refractivity contribution >= 4 is 16.7 Å². The fourth-order valence-electron chi connectivity index (χ4n) is 1.84. The fraction of sp³-hybridized carbons (Fsp3) is 0.214. The van der Waals surface area contributed by atoms with Gasteiger partial charge in [-0.1, -0.05) is 36.4 Å². The molecule has 2 aromatic rings. The Morgan fingerprint density at radius 1 is 1.22 bits per heavy atom. The predicted molar refractivity (Wildman–Crippen MR) is 67.5 cm³/mol. The molecule has 0 spiro atoms. The van der Waals surface area contributed by atoms with Gasteiger partial charge in [-0.05, 0) is 11.5 Å². The van der Waals surface area contributed by atoms with Crippen LogP contribution in [0.25, 0.3) is 10.8 Å². The molecule has 18 heavy (non-hydrogen) atoms. The van der Waals surface area contributed by atoms with E-state index in [9.17, 15) is 9.90 Å². The fourth-order valence-corrected chi connectivity index (χ4v) is 1.84. The molecule has 0 aliphatic rings. The average molecular weight is 246 g/mol. The molecule has 0 amide bonds. The summed E-state index contributed by atoms with van der Waals surface area (Å²) in [5.74, 6) is -2.37. The van der Waals surface area contributed by atoms with Crippen LogP contribution in [0.5, 0.6) is 5.75 Å². The summed E-state index contributed by atoms with van der Waals surface area (Å²) in [6, 6.07) is 13.0. The quantitative estimate of drug-likeness (QED) is 0.813. The number of fused-ring (bicyclic) bond motifs is 1. The molecule has 0 fully saturated rings. The summed E-state index contributed by atoms with van der Waals surface area (Å²) in [5.41, 5.74) is 0. The lowest BCUT2D eigenvalue weighted by Gasteiger charge is -2.23. The molecule has 94 valence electrons. The Hall–Kier alpha value is -2.07. The molecule has 0 aliphatic heterocycles. The molecule has 0 aliphatic carbocycles. The first-order valence-corrected chi connectivity index (χ1v) is 5.59. The van der Waals surface area contributed by atoms with Gasteiger partial charge in [-0.15, -0.1) is 0 Å². The van der Waals surface area contributed by atoms with Gasteiger partial charge in [0, 0.05) is 12.3 Å². The molecule has 4 heteroatoms. The molecule has 0 radical (unpaired) electrons. The summed E-state index contributed by atoms with van der Waals surface area (Å²) in [4.78, 5) is 10.6. The number of aliphatic carboxylic acids is 1. The van der Waals surface area contributed by atoms with E-state index in [1.165, 1.54) is 6.92 Å². The molecule has 2 N–H and O–H groups in total. The first-order valence-electron chi connectivity index (χ1n) is 5.59. The standard InChI is InChI=1S/C14H14O4/c1-14(17,9-13(15)16)18-12-8-4-6-10-5-2-3-7-11(10)12/h2-8,17H,9H2,1H3,(H,15,16). The maximum atomic E-state index is 10.6. The van der Waals surface area contributed by atoms with Crippen molar-refractivity contribution in [2.45, 2.75) is 19.1 Å². The van der Waals surface area contributed by atoms with Gasteiger partial charge in [0.05, 0.1) is 0 Å². The Balaban J connectivity index is 2.34. The van der Waals surface area contributed by atoms with Crippen LogP contribution in [0.15, 0.2) is 42.5 Å². The zero-order valence-corrected chi connectivity index (χ0v) is 9.96. The minimum absolute atomic E-state index is 0.472. The zero-order valence-electron chi connectivity index (χ0n) is 9.96. The Bertz CT molecular complexity index is 570. The van der Waals surface area contributed by atoms with Crippen molar-refractivity contribution in [3.8, 4) is 5.75 Å².